The predicted octanol–water partition coefficient (Wildman–Crippen LogP) is 7.01. The van der Waals surface area contributed by atoms with Gasteiger partial charge < -0.3 is 0 Å². The molecule has 0 aliphatic rings. The van der Waals surface area contributed by atoms with Crippen LogP contribution in [0.25, 0.3) is 0 Å². The van der Waals surface area contributed by atoms with Gasteiger partial charge in [0.2, 0.25) is 0 Å². The lowest BCUT2D eigenvalue weighted by Gasteiger charge is -2.20. The molecule has 30 heavy (non-hydrogen) atoms. The summed E-state index contributed by atoms with van der Waals surface area (Å²) in [5, 5.41) is 0.598. The van der Waals surface area contributed by atoms with Gasteiger partial charge in [-0.3, -0.25) is 0 Å². The molecule has 0 fully saturated rings. The molecule has 3 aromatic rings. The van der Waals surface area contributed by atoms with Crippen molar-refractivity contribution in [3.63, 3.8) is 0 Å². The molecule has 154 valence electrons. The quantitative estimate of drug-likeness (QED) is 0.402. The molecule has 0 aromatic heterocycles. The van der Waals surface area contributed by atoms with E-state index in [0.29, 0.717) is 16.4 Å². The average Bonchev–Trinajstić information content (AvgIpc) is 2.66. The fourth-order valence-electron chi connectivity index (χ4n) is 4.30. The zero-order valence-electron chi connectivity index (χ0n) is 18.3. The Kier molecular flexibility index (Phi) is 6.32. The van der Waals surface area contributed by atoms with Gasteiger partial charge in [0, 0.05) is 0 Å². The minimum atomic E-state index is -3.39. The second kappa shape index (κ2) is 8.46. The van der Waals surface area contributed by atoms with E-state index in [-0.39, 0.29) is 11.0 Å². The summed E-state index contributed by atoms with van der Waals surface area (Å²) in [6, 6.07) is 17.0. The Balaban J connectivity index is 2.29. The fourth-order valence-corrected chi connectivity index (χ4v) is 7.71. The highest BCUT2D eigenvalue weighted by molar-refractivity contribution is 8.26. The Labute approximate surface area is 184 Å². The van der Waals surface area contributed by atoms with Crippen molar-refractivity contribution in [1.82, 2.24) is 0 Å². The molecule has 0 heterocycles. The van der Waals surface area contributed by atoms with Crippen molar-refractivity contribution in [2.75, 3.05) is 0 Å². The van der Waals surface area contributed by atoms with Crippen LogP contribution < -0.4 is 5.30 Å². The molecular formula is C26H27ClO2P+. The second-order valence-electron chi connectivity index (χ2n) is 8.08. The lowest BCUT2D eigenvalue weighted by molar-refractivity contribution is 0.105. The van der Waals surface area contributed by atoms with E-state index in [9.17, 15) is 9.59 Å². The van der Waals surface area contributed by atoms with Crippen LogP contribution in [0.3, 0.4) is 0 Å². The molecule has 2 nitrogen and oxygen atoms in total. The molecule has 3 aromatic carbocycles. The van der Waals surface area contributed by atoms with Crippen LogP contribution in [-0.2, 0) is 0 Å². The van der Waals surface area contributed by atoms with Crippen LogP contribution in [0.2, 0.25) is 0 Å². The summed E-state index contributed by atoms with van der Waals surface area (Å²) in [7, 11) is 0. The molecule has 0 unspecified atom stereocenters. The number of benzene rings is 3. The molecule has 0 amide bonds. The van der Waals surface area contributed by atoms with E-state index in [1.807, 2.05) is 84.0 Å². The molecule has 0 bridgehead atoms. The van der Waals surface area contributed by atoms with Gasteiger partial charge in [-0.1, -0.05) is 53.6 Å². The summed E-state index contributed by atoms with van der Waals surface area (Å²) in [6.45, 7) is 8.24. The maximum absolute atomic E-state index is 14.0. The van der Waals surface area contributed by atoms with Gasteiger partial charge in [0.25, 0.3) is 6.62 Å². The van der Waals surface area contributed by atoms with Gasteiger partial charge in [0.1, 0.15) is 16.5 Å². The summed E-state index contributed by atoms with van der Waals surface area (Å²) in [5.74, 6) is 0. The molecule has 0 aliphatic carbocycles. The van der Waals surface area contributed by atoms with Crippen molar-refractivity contribution in [3.8, 4) is 0 Å². The Bertz CT molecular complexity index is 1030. The number of rotatable bonds is 5. The highest BCUT2D eigenvalue weighted by Gasteiger charge is 2.58. The third-order valence-electron chi connectivity index (χ3n) is 5.45. The molecular weight excluding hydrogens is 411 g/mol. The van der Waals surface area contributed by atoms with Gasteiger partial charge in [-0.05, 0) is 75.9 Å². The van der Waals surface area contributed by atoms with E-state index in [4.69, 9.17) is 11.2 Å². The van der Waals surface area contributed by atoms with Gasteiger partial charge in [0.05, 0.1) is 11.1 Å². The van der Waals surface area contributed by atoms with E-state index in [2.05, 4.69) is 0 Å². The number of carbonyl (C=O) groups is 2. The summed E-state index contributed by atoms with van der Waals surface area (Å²) >= 11 is 7.21. The van der Waals surface area contributed by atoms with Crippen molar-refractivity contribution in [2.24, 2.45) is 0 Å². The lowest BCUT2D eigenvalue weighted by Crippen LogP contribution is -2.24. The minimum absolute atomic E-state index is 0.269. The van der Waals surface area contributed by atoms with Crippen molar-refractivity contribution in [1.29, 1.82) is 0 Å². The van der Waals surface area contributed by atoms with Crippen LogP contribution in [0.1, 0.15) is 54.1 Å². The Morgan fingerprint density at radius 1 is 0.633 bits per heavy atom. The summed E-state index contributed by atoms with van der Waals surface area (Å²) in [6.07, 6.45) is 0. The first kappa shape index (κ1) is 22.4. The Morgan fingerprint density at radius 3 is 1.30 bits per heavy atom. The van der Waals surface area contributed by atoms with Crippen LogP contribution in [-0.4, -0.2) is 11.0 Å². The second-order valence-corrected chi connectivity index (χ2v) is 12.1. The van der Waals surface area contributed by atoms with Crippen LogP contribution in [0.15, 0.2) is 54.6 Å². The maximum Gasteiger partial charge on any atom is 0.330 e. The zero-order valence-corrected chi connectivity index (χ0v) is 20.0. The van der Waals surface area contributed by atoms with Crippen LogP contribution in [0.4, 0.5) is 0 Å². The first-order valence-corrected chi connectivity index (χ1v) is 12.7. The average molecular weight is 438 g/mol. The zero-order chi connectivity index (χ0) is 22.2. The van der Waals surface area contributed by atoms with Crippen molar-refractivity contribution in [2.45, 2.75) is 41.5 Å². The first-order chi connectivity index (χ1) is 14.1. The van der Waals surface area contributed by atoms with E-state index in [1.165, 1.54) is 0 Å². The summed E-state index contributed by atoms with van der Waals surface area (Å²) < 4.78 is 0. The van der Waals surface area contributed by atoms with Crippen LogP contribution in [0.5, 0.6) is 0 Å². The predicted molar refractivity (Wildman–Crippen MR) is 129 cm³/mol. The Hall–Kier alpha value is -2.28. The topological polar surface area (TPSA) is 34.1 Å². The largest absolute Gasteiger partial charge is 0.330 e. The summed E-state index contributed by atoms with van der Waals surface area (Å²) in [5.41, 5.74) is 6.14. The number of carbonyl (C=O) groups excluding carboxylic acids is 2. The molecule has 0 atom stereocenters. The van der Waals surface area contributed by atoms with Gasteiger partial charge in [0.15, 0.2) is 0 Å². The third-order valence-corrected chi connectivity index (χ3v) is 9.54. The van der Waals surface area contributed by atoms with Crippen molar-refractivity contribution < 1.29 is 9.59 Å². The van der Waals surface area contributed by atoms with Crippen LogP contribution in [0, 0.1) is 41.5 Å². The highest BCUT2D eigenvalue weighted by Crippen LogP contribution is 2.67. The maximum atomic E-state index is 14.0. The van der Waals surface area contributed by atoms with Gasteiger partial charge >= 0.3 is 11.0 Å². The molecule has 0 radical (unpaired) electrons. The third kappa shape index (κ3) is 3.87. The van der Waals surface area contributed by atoms with Crippen molar-refractivity contribution >= 4 is 34.2 Å². The van der Waals surface area contributed by atoms with E-state index in [0.717, 1.165) is 33.4 Å². The van der Waals surface area contributed by atoms with Gasteiger partial charge in [-0.25, -0.2) is 9.59 Å². The molecule has 3 rings (SSSR count). The SMILES string of the molecule is Cc1cc(C)c(C(=O)[P+](Cl)(C(=O)c2c(C)cc(C)cc2C)c2ccccc2)c(C)c1. The molecule has 0 spiro atoms. The molecule has 0 saturated carbocycles. The summed E-state index contributed by atoms with van der Waals surface area (Å²) in [4.78, 5) is 28.0. The van der Waals surface area contributed by atoms with Gasteiger partial charge in [-0.2, -0.15) is 0 Å². The molecule has 4 heteroatoms. The van der Waals surface area contributed by atoms with E-state index >= 15 is 0 Å². The number of halogens is 1. The normalized spacial score (nSPS) is 11.4. The minimum Gasteiger partial charge on any atom is -0.244 e. The molecule has 0 N–H and O–H groups in total. The monoisotopic (exact) mass is 437 g/mol. The highest BCUT2D eigenvalue weighted by atomic mass is 35.7. The number of aryl methyl sites for hydroxylation is 6. The smallest absolute Gasteiger partial charge is 0.244 e. The molecule has 0 aliphatic heterocycles. The number of hydrogen-bond donors (Lipinski definition) is 0. The number of hydrogen-bond acceptors (Lipinski definition) is 2. The lowest BCUT2D eigenvalue weighted by atomic mass is 10.0. The van der Waals surface area contributed by atoms with Crippen LogP contribution >= 0.6 is 17.9 Å². The van der Waals surface area contributed by atoms with E-state index in [1.54, 1.807) is 12.1 Å². The standard InChI is InChI=1S/C26H27ClO2P/c1-16-12-18(3)23(19(4)13-16)25(28)30(27,22-10-8-7-9-11-22)26(29)24-20(5)14-17(2)15-21(24)6/h7-15H,1-6H3/q+1. The van der Waals surface area contributed by atoms with Crippen molar-refractivity contribution in [3.05, 3.63) is 99.1 Å². The van der Waals surface area contributed by atoms with E-state index < -0.39 is 6.62 Å². The molecule has 0 saturated heterocycles. The van der Waals surface area contributed by atoms with Gasteiger partial charge in [-0.15, -0.1) is 0 Å². The Morgan fingerprint density at radius 2 is 0.967 bits per heavy atom. The fraction of sp³-hybridized carbons (Fsp3) is 0.231. The first-order valence-electron chi connectivity index (χ1n) is 9.97.